The van der Waals surface area contributed by atoms with Crippen molar-refractivity contribution in [2.24, 2.45) is 5.92 Å². The van der Waals surface area contributed by atoms with Crippen molar-refractivity contribution in [3.05, 3.63) is 29.8 Å². The van der Waals surface area contributed by atoms with Crippen molar-refractivity contribution in [2.75, 3.05) is 20.3 Å². The molecule has 19 heavy (non-hydrogen) atoms. The van der Waals surface area contributed by atoms with Gasteiger partial charge in [-0.15, -0.1) is 0 Å². The van der Waals surface area contributed by atoms with Crippen LogP contribution in [-0.4, -0.2) is 31.5 Å². The monoisotopic (exact) mass is 266 g/mol. The number of rotatable bonds is 5. The number of aliphatic hydroxyl groups is 1. The molecule has 0 amide bonds. The Morgan fingerprint density at radius 1 is 1.32 bits per heavy atom. The van der Waals surface area contributed by atoms with E-state index in [2.05, 4.69) is 6.92 Å². The number of hydrogen-bond donors (Lipinski definition) is 1. The van der Waals surface area contributed by atoms with Crippen molar-refractivity contribution in [1.29, 1.82) is 0 Å². The van der Waals surface area contributed by atoms with E-state index >= 15 is 0 Å². The quantitative estimate of drug-likeness (QED) is 0.889. The van der Waals surface area contributed by atoms with Gasteiger partial charge in [0.2, 0.25) is 0 Å². The number of benzene rings is 1. The van der Waals surface area contributed by atoms with Crippen LogP contribution in [-0.2, 0) is 9.47 Å². The minimum Gasteiger partial charge on any atom is -0.497 e. The van der Waals surface area contributed by atoms with E-state index in [9.17, 15) is 0 Å². The molecule has 2 rings (SSSR count). The van der Waals surface area contributed by atoms with Crippen LogP contribution in [0.5, 0.6) is 5.75 Å². The Balaban J connectivity index is 2.04. The highest BCUT2D eigenvalue weighted by molar-refractivity contribution is 5.27. The van der Waals surface area contributed by atoms with Gasteiger partial charge in [0.1, 0.15) is 5.75 Å². The molecule has 4 nitrogen and oxygen atoms in total. The van der Waals surface area contributed by atoms with Crippen molar-refractivity contribution in [1.82, 2.24) is 0 Å². The van der Waals surface area contributed by atoms with Crippen molar-refractivity contribution < 1.29 is 19.3 Å². The van der Waals surface area contributed by atoms with E-state index in [-0.39, 0.29) is 19.0 Å². The van der Waals surface area contributed by atoms with Crippen LogP contribution >= 0.6 is 0 Å². The molecule has 1 heterocycles. The molecule has 1 N–H and O–H groups in total. The van der Waals surface area contributed by atoms with E-state index in [4.69, 9.17) is 19.3 Å². The summed E-state index contributed by atoms with van der Waals surface area (Å²) in [5, 5.41) is 9.12. The van der Waals surface area contributed by atoms with Crippen LogP contribution in [0, 0.1) is 5.92 Å². The van der Waals surface area contributed by atoms with Crippen molar-refractivity contribution in [2.45, 2.75) is 32.2 Å². The zero-order valence-electron chi connectivity index (χ0n) is 11.5. The molecule has 4 heteroatoms. The van der Waals surface area contributed by atoms with Gasteiger partial charge in [-0.2, -0.15) is 0 Å². The Morgan fingerprint density at radius 2 is 2.05 bits per heavy atom. The summed E-state index contributed by atoms with van der Waals surface area (Å²) in [5.74, 6) is 1.18. The molecule has 0 unspecified atom stereocenters. The van der Waals surface area contributed by atoms with Gasteiger partial charge < -0.3 is 19.3 Å². The second-order valence-corrected chi connectivity index (χ2v) is 4.79. The summed E-state index contributed by atoms with van der Waals surface area (Å²) < 4.78 is 16.9. The highest BCUT2D eigenvalue weighted by atomic mass is 16.7. The number of methoxy groups -OCH3 is 1. The Labute approximate surface area is 114 Å². The third-order valence-corrected chi connectivity index (χ3v) is 3.61. The lowest BCUT2D eigenvalue weighted by atomic mass is 9.96. The van der Waals surface area contributed by atoms with Crippen LogP contribution in [0.2, 0.25) is 0 Å². The van der Waals surface area contributed by atoms with Crippen LogP contribution in [0.25, 0.3) is 0 Å². The summed E-state index contributed by atoms with van der Waals surface area (Å²) in [6, 6.07) is 7.70. The lowest BCUT2D eigenvalue weighted by Gasteiger charge is -2.36. The van der Waals surface area contributed by atoms with Crippen LogP contribution < -0.4 is 4.74 Å². The van der Waals surface area contributed by atoms with Gasteiger partial charge >= 0.3 is 0 Å². The number of ether oxygens (including phenoxy) is 3. The van der Waals surface area contributed by atoms with Crippen LogP contribution in [0.3, 0.4) is 0 Å². The first-order valence-electron chi connectivity index (χ1n) is 6.80. The zero-order chi connectivity index (χ0) is 13.7. The largest absolute Gasteiger partial charge is 0.497 e. The van der Waals surface area contributed by atoms with Gasteiger partial charge in [-0.3, -0.25) is 0 Å². The molecule has 1 aliphatic rings. The minimum absolute atomic E-state index is 0.0656. The van der Waals surface area contributed by atoms with E-state index in [0.717, 1.165) is 17.7 Å². The fourth-order valence-corrected chi connectivity index (χ4v) is 2.38. The fourth-order valence-electron chi connectivity index (χ4n) is 2.38. The summed E-state index contributed by atoms with van der Waals surface area (Å²) in [6.07, 6.45) is 1.38. The topological polar surface area (TPSA) is 47.9 Å². The lowest BCUT2D eigenvalue weighted by Crippen LogP contribution is -2.36. The average Bonchev–Trinajstić information content (AvgIpc) is 2.47. The zero-order valence-corrected chi connectivity index (χ0v) is 11.5. The Kier molecular flexibility index (Phi) is 5.19. The van der Waals surface area contributed by atoms with Gasteiger partial charge in [0.25, 0.3) is 0 Å². The van der Waals surface area contributed by atoms with E-state index in [1.165, 1.54) is 0 Å². The summed E-state index contributed by atoms with van der Waals surface area (Å²) in [7, 11) is 1.64. The Bertz CT molecular complexity index is 376. The minimum atomic E-state index is -0.342. The van der Waals surface area contributed by atoms with Gasteiger partial charge in [0.05, 0.1) is 19.8 Å². The van der Waals surface area contributed by atoms with Crippen molar-refractivity contribution in [3.63, 3.8) is 0 Å². The molecule has 1 aromatic rings. The summed E-state index contributed by atoms with van der Waals surface area (Å²) in [4.78, 5) is 0. The average molecular weight is 266 g/mol. The maximum absolute atomic E-state index is 9.12. The number of aliphatic hydroxyl groups excluding tert-OH is 1. The molecule has 1 saturated heterocycles. The molecule has 0 saturated carbocycles. The molecule has 106 valence electrons. The predicted octanol–water partition coefficient (Wildman–Crippen LogP) is 2.52. The van der Waals surface area contributed by atoms with Gasteiger partial charge in [0, 0.05) is 18.1 Å². The Hall–Kier alpha value is -1.10. The second kappa shape index (κ2) is 6.89. The Morgan fingerprint density at radius 3 is 2.63 bits per heavy atom. The first-order chi connectivity index (χ1) is 9.28. The highest BCUT2D eigenvalue weighted by Crippen LogP contribution is 2.32. The summed E-state index contributed by atoms with van der Waals surface area (Å²) in [5.41, 5.74) is 0.985. The van der Waals surface area contributed by atoms with Gasteiger partial charge in [-0.05, 0) is 25.0 Å². The SMILES string of the molecule is CC[C@H]1CO[C@H](c2ccc(OC)cc2)O[C@@H]1CCO. The molecule has 0 aliphatic carbocycles. The molecule has 0 bridgehead atoms. The molecule has 0 aromatic heterocycles. The molecular weight excluding hydrogens is 244 g/mol. The smallest absolute Gasteiger partial charge is 0.184 e. The molecule has 1 fully saturated rings. The standard InChI is InChI=1S/C15H22O4/c1-3-11-10-18-15(19-14(11)8-9-16)12-4-6-13(17-2)7-5-12/h4-7,11,14-16H,3,8-10H2,1-2H3/t11-,14+,15-/m0/s1. The lowest BCUT2D eigenvalue weighted by molar-refractivity contribution is -0.244. The molecule has 1 aromatic carbocycles. The van der Waals surface area contributed by atoms with Gasteiger partial charge in [-0.1, -0.05) is 19.1 Å². The third kappa shape index (κ3) is 3.47. The van der Waals surface area contributed by atoms with E-state index < -0.39 is 0 Å². The normalized spacial score (nSPS) is 27.2. The van der Waals surface area contributed by atoms with Crippen LogP contribution in [0.15, 0.2) is 24.3 Å². The summed E-state index contributed by atoms with van der Waals surface area (Å²) >= 11 is 0. The highest BCUT2D eigenvalue weighted by Gasteiger charge is 2.31. The molecule has 1 aliphatic heterocycles. The first-order valence-corrected chi connectivity index (χ1v) is 6.80. The van der Waals surface area contributed by atoms with Crippen LogP contribution in [0.4, 0.5) is 0 Å². The van der Waals surface area contributed by atoms with E-state index in [0.29, 0.717) is 18.9 Å². The summed E-state index contributed by atoms with van der Waals surface area (Å²) in [6.45, 7) is 2.95. The van der Waals surface area contributed by atoms with Crippen LogP contribution in [0.1, 0.15) is 31.6 Å². The molecule has 0 spiro atoms. The van der Waals surface area contributed by atoms with E-state index in [1.807, 2.05) is 24.3 Å². The molecule has 0 radical (unpaired) electrons. The van der Waals surface area contributed by atoms with Gasteiger partial charge in [0.15, 0.2) is 6.29 Å². The predicted molar refractivity (Wildman–Crippen MR) is 72.0 cm³/mol. The molecule has 3 atom stereocenters. The van der Waals surface area contributed by atoms with Gasteiger partial charge in [-0.25, -0.2) is 0 Å². The van der Waals surface area contributed by atoms with Crippen molar-refractivity contribution >= 4 is 0 Å². The third-order valence-electron chi connectivity index (χ3n) is 3.61. The van der Waals surface area contributed by atoms with E-state index in [1.54, 1.807) is 7.11 Å². The first kappa shape index (κ1) is 14.3. The fraction of sp³-hybridized carbons (Fsp3) is 0.600. The molecular formula is C15H22O4. The maximum Gasteiger partial charge on any atom is 0.184 e. The maximum atomic E-state index is 9.12. The van der Waals surface area contributed by atoms with Crippen molar-refractivity contribution in [3.8, 4) is 5.75 Å². The second-order valence-electron chi connectivity index (χ2n) is 4.79. The number of hydrogen-bond acceptors (Lipinski definition) is 4.